The number of hydrogen-bond donors (Lipinski definition) is 1. The second kappa shape index (κ2) is 9.72. The van der Waals surface area contributed by atoms with E-state index < -0.39 is 4.92 Å². The van der Waals surface area contributed by atoms with E-state index in [1.54, 1.807) is 0 Å². The number of piperazine rings is 1. The van der Waals surface area contributed by atoms with Crippen LogP contribution in [0.3, 0.4) is 0 Å². The van der Waals surface area contributed by atoms with Gasteiger partial charge in [-0.15, -0.1) is 0 Å². The number of nitrogens with zero attached hydrogens (tertiary/aromatic N) is 4. The Morgan fingerprint density at radius 2 is 2.00 bits per heavy atom. The van der Waals surface area contributed by atoms with Gasteiger partial charge in [0.25, 0.3) is 5.91 Å². The van der Waals surface area contributed by atoms with Crippen LogP contribution in [0.1, 0.15) is 12.7 Å². The van der Waals surface area contributed by atoms with Crippen molar-refractivity contribution in [3.8, 4) is 0 Å². The fourth-order valence-electron chi connectivity index (χ4n) is 2.14. The molecule has 11 nitrogen and oxygen atoms in total. The van der Waals surface area contributed by atoms with Crippen LogP contribution in [0, 0.1) is 10.1 Å². The smallest absolute Gasteiger partial charge is 0.412 e. The molecule has 5 N–H and O–H groups in total. The van der Waals surface area contributed by atoms with Crippen LogP contribution in [0.25, 0.3) is 0 Å². The Hall–Kier alpha value is -2.34. The number of nitrogens with one attached hydrogen (secondary N) is 1. The molecule has 1 saturated heterocycles. The first-order chi connectivity index (χ1) is 10.5. The van der Waals surface area contributed by atoms with Crippen LogP contribution in [-0.4, -0.2) is 77.1 Å². The number of nitro groups is 1. The molecule has 0 saturated carbocycles. The summed E-state index contributed by atoms with van der Waals surface area (Å²) < 4.78 is 4.90. The summed E-state index contributed by atoms with van der Waals surface area (Å²) in [4.78, 5) is 26.1. The number of carbonyl (C=O) groups excluding carboxylic acids is 1. The summed E-state index contributed by atoms with van der Waals surface area (Å²) in [5, 5.41) is 14.2. The van der Waals surface area contributed by atoms with E-state index in [9.17, 15) is 14.9 Å². The zero-order chi connectivity index (χ0) is 16.1. The first kappa shape index (κ1) is 21.7. The number of carbonyl (C=O) groups is 1. The molecule has 1 aromatic rings. The van der Waals surface area contributed by atoms with E-state index in [-0.39, 0.29) is 34.5 Å². The second-order valence-electron chi connectivity index (χ2n) is 5.18. The summed E-state index contributed by atoms with van der Waals surface area (Å²) >= 11 is 0. The van der Waals surface area contributed by atoms with Gasteiger partial charge < -0.3 is 20.3 Å². The van der Waals surface area contributed by atoms with Crippen LogP contribution in [0.15, 0.2) is 21.7 Å². The molecule has 1 aliphatic rings. The van der Waals surface area contributed by atoms with E-state index in [1.807, 2.05) is 6.92 Å². The van der Waals surface area contributed by atoms with Crippen molar-refractivity contribution in [3.63, 3.8) is 0 Å². The first-order valence-corrected chi connectivity index (χ1v) is 6.97. The first-order valence-electron chi connectivity index (χ1n) is 6.97. The summed E-state index contributed by atoms with van der Waals surface area (Å²) in [6.45, 7) is 5.35. The fraction of sp³-hybridized carbons (Fsp3) is 0.538. The van der Waals surface area contributed by atoms with Crippen molar-refractivity contribution in [1.29, 1.82) is 0 Å². The van der Waals surface area contributed by atoms with Crippen LogP contribution >= 0.6 is 0 Å². The van der Waals surface area contributed by atoms with E-state index >= 15 is 0 Å². The number of hydrogen-bond acceptors (Lipinski definition) is 7. The topological polar surface area (TPSA) is 167 Å². The van der Waals surface area contributed by atoms with E-state index in [0.29, 0.717) is 0 Å². The predicted molar refractivity (Wildman–Crippen MR) is 86.9 cm³/mol. The molecular weight excluding hydrogens is 322 g/mol. The minimum atomic E-state index is -0.634. The summed E-state index contributed by atoms with van der Waals surface area (Å²) in [5.41, 5.74) is 2.42. The Bertz CT molecular complexity index is 567. The molecule has 24 heavy (non-hydrogen) atoms. The third-order valence-electron chi connectivity index (χ3n) is 3.62. The molecule has 0 spiro atoms. The van der Waals surface area contributed by atoms with Crippen molar-refractivity contribution in [3.05, 3.63) is 28.0 Å². The number of furan rings is 1. The fourth-order valence-corrected chi connectivity index (χ4v) is 2.14. The molecule has 2 heterocycles. The lowest BCUT2D eigenvalue weighted by atomic mass is 10.2. The van der Waals surface area contributed by atoms with Gasteiger partial charge in [0.05, 0.1) is 18.3 Å². The average Bonchev–Trinajstić information content (AvgIpc) is 2.96. The minimum Gasteiger partial charge on any atom is -0.412 e. The third-order valence-corrected chi connectivity index (χ3v) is 3.62. The molecule has 2 rings (SSSR count). The highest BCUT2D eigenvalue weighted by molar-refractivity contribution is 5.83. The number of hydrazone groups is 1. The molecule has 11 heteroatoms. The van der Waals surface area contributed by atoms with Crippen molar-refractivity contribution in [1.82, 2.24) is 15.2 Å². The van der Waals surface area contributed by atoms with Crippen molar-refractivity contribution in [2.45, 2.75) is 13.0 Å². The average molecular weight is 345 g/mol. The molecule has 0 aromatic carbocycles. The van der Waals surface area contributed by atoms with Crippen molar-refractivity contribution in [2.75, 3.05) is 33.2 Å². The van der Waals surface area contributed by atoms with Crippen LogP contribution in [0.4, 0.5) is 5.88 Å². The Kier molecular flexibility index (Phi) is 8.77. The van der Waals surface area contributed by atoms with E-state index in [4.69, 9.17) is 4.42 Å². The van der Waals surface area contributed by atoms with Crippen LogP contribution in [0.2, 0.25) is 0 Å². The van der Waals surface area contributed by atoms with Crippen molar-refractivity contribution in [2.24, 2.45) is 5.10 Å². The van der Waals surface area contributed by atoms with Gasteiger partial charge in [0.15, 0.2) is 5.76 Å². The molecule has 1 aromatic heterocycles. The highest BCUT2D eigenvalue weighted by atomic mass is 16.6. The van der Waals surface area contributed by atoms with Gasteiger partial charge in [-0.05, 0) is 20.0 Å². The van der Waals surface area contributed by atoms with Crippen LogP contribution in [0.5, 0.6) is 0 Å². The van der Waals surface area contributed by atoms with Gasteiger partial charge in [-0.2, -0.15) is 5.10 Å². The highest BCUT2D eigenvalue weighted by Crippen LogP contribution is 2.13. The minimum absolute atomic E-state index is 0. The lowest BCUT2D eigenvalue weighted by Gasteiger charge is -2.35. The summed E-state index contributed by atoms with van der Waals surface area (Å²) in [5.74, 6) is -0.375. The predicted octanol–water partition coefficient (Wildman–Crippen LogP) is -1.38. The lowest BCUT2D eigenvalue weighted by molar-refractivity contribution is -0.402. The molecule has 0 aliphatic carbocycles. The van der Waals surface area contributed by atoms with Crippen LogP contribution < -0.4 is 5.43 Å². The standard InChI is InChI=1S/C13H19N5O4.2H2O/c1-10(17-7-5-16(2)6-8-17)13(19)15-14-9-11-3-4-12(22-11)18(20)21;;/h3-4,9-10H,5-8H2,1-2H3,(H,15,19);2*1H2/b14-9+;;. The van der Waals surface area contributed by atoms with Gasteiger partial charge in [-0.3, -0.25) is 19.8 Å². The quantitative estimate of drug-likeness (QED) is 0.392. The molecule has 0 bridgehead atoms. The Morgan fingerprint density at radius 1 is 1.38 bits per heavy atom. The molecule has 0 radical (unpaired) electrons. The Labute approximate surface area is 138 Å². The maximum absolute atomic E-state index is 12.0. The van der Waals surface area contributed by atoms with Gasteiger partial charge in [0, 0.05) is 26.2 Å². The molecule has 1 aliphatic heterocycles. The molecule has 136 valence electrons. The summed E-state index contributed by atoms with van der Waals surface area (Å²) in [7, 11) is 2.05. The number of amides is 1. The van der Waals surface area contributed by atoms with Crippen molar-refractivity contribution < 1.29 is 25.1 Å². The summed E-state index contributed by atoms with van der Waals surface area (Å²) in [6, 6.07) is 2.37. The number of rotatable bonds is 5. The van der Waals surface area contributed by atoms with Gasteiger partial charge in [0.1, 0.15) is 4.92 Å². The largest absolute Gasteiger partial charge is 0.433 e. The molecule has 1 amide bonds. The zero-order valence-corrected chi connectivity index (χ0v) is 13.6. The Morgan fingerprint density at radius 3 is 2.54 bits per heavy atom. The van der Waals surface area contributed by atoms with Gasteiger partial charge in [-0.1, -0.05) is 0 Å². The van der Waals surface area contributed by atoms with Crippen molar-refractivity contribution >= 4 is 18.0 Å². The maximum atomic E-state index is 12.0. The zero-order valence-electron chi connectivity index (χ0n) is 13.6. The molecule has 1 fully saturated rings. The molecular formula is C13H23N5O6. The molecule has 1 unspecified atom stereocenters. The highest BCUT2D eigenvalue weighted by Gasteiger charge is 2.24. The van der Waals surface area contributed by atoms with Crippen LogP contribution in [-0.2, 0) is 4.79 Å². The van der Waals surface area contributed by atoms with Gasteiger partial charge in [-0.25, -0.2) is 5.43 Å². The SMILES string of the molecule is CC(C(=O)N/N=C/c1ccc([N+](=O)[O-])o1)N1CCN(C)CC1.O.O. The second-order valence-corrected chi connectivity index (χ2v) is 5.18. The van der Waals surface area contributed by atoms with E-state index in [1.165, 1.54) is 18.3 Å². The normalized spacial score (nSPS) is 16.9. The van der Waals surface area contributed by atoms with Gasteiger partial charge >= 0.3 is 5.88 Å². The molecule has 1 atom stereocenters. The summed E-state index contributed by atoms with van der Waals surface area (Å²) in [6.07, 6.45) is 1.24. The third kappa shape index (κ3) is 5.70. The van der Waals surface area contributed by atoms with E-state index in [0.717, 1.165) is 26.2 Å². The number of likely N-dealkylation sites (N-methyl/N-ethyl adjacent to an activating group) is 1. The van der Waals surface area contributed by atoms with Gasteiger partial charge in [0.2, 0.25) is 0 Å². The maximum Gasteiger partial charge on any atom is 0.433 e. The Balaban J connectivity index is 0.00000264. The monoisotopic (exact) mass is 345 g/mol. The van der Waals surface area contributed by atoms with E-state index in [2.05, 4.69) is 27.4 Å². The lowest BCUT2D eigenvalue weighted by Crippen LogP contribution is -2.52.